The lowest BCUT2D eigenvalue weighted by molar-refractivity contribution is -0.192. The second-order valence-electron chi connectivity index (χ2n) is 9.88. The lowest BCUT2D eigenvalue weighted by Crippen LogP contribution is -2.51. The van der Waals surface area contributed by atoms with Crippen molar-refractivity contribution >= 4 is 11.9 Å². The van der Waals surface area contributed by atoms with Crippen LogP contribution in [-0.2, 0) is 14.3 Å². The number of rotatable bonds is 4. The minimum atomic E-state index is -5.08. The average molecular weight is 501 g/mol. The van der Waals surface area contributed by atoms with Crippen molar-refractivity contribution in [2.24, 2.45) is 5.92 Å². The first-order valence-corrected chi connectivity index (χ1v) is 12.1. The number of fused-ring (bicyclic) bond motifs is 1. The number of halogens is 3. The van der Waals surface area contributed by atoms with Crippen molar-refractivity contribution in [1.82, 2.24) is 9.80 Å². The molecule has 1 aromatic rings. The van der Waals surface area contributed by atoms with Crippen molar-refractivity contribution in [3.05, 3.63) is 29.8 Å². The van der Waals surface area contributed by atoms with Gasteiger partial charge < -0.3 is 24.4 Å². The Morgan fingerprint density at radius 1 is 1.14 bits per heavy atom. The summed E-state index contributed by atoms with van der Waals surface area (Å²) in [7, 11) is 3.69. The number of hydrogen-bond donors (Lipinski definition) is 1. The number of carbonyl (C=O) groups excluding carboxylic acids is 1. The van der Waals surface area contributed by atoms with Crippen LogP contribution in [0.25, 0.3) is 0 Å². The third-order valence-electron chi connectivity index (χ3n) is 7.09. The Morgan fingerprint density at radius 3 is 2.31 bits per heavy atom. The average Bonchev–Trinajstić information content (AvgIpc) is 2.81. The van der Waals surface area contributed by atoms with E-state index < -0.39 is 12.1 Å². The van der Waals surface area contributed by atoms with Gasteiger partial charge in [0.1, 0.15) is 11.4 Å². The number of amides is 1. The van der Waals surface area contributed by atoms with Crippen LogP contribution in [-0.4, -0.2) is 85.5 Å². The molecule has 2 fully saturated rings. The van der Waals surface area contributed by atoms with Crippen LogP contribution in [0.5, 0.6) is 5.75 Å². The van der Waals surface area contributed by atoms with Gasteiger partial charge in [0.2, 0.25) is 5.91 Å². The largest absolute Gasteiger partial charge is 0.490 e. The van der Waals surface area contributed by atoms with E-state index in [9.17, 15) is 18.0 Å². The standard InChI is InChI=1S/C23H34N2O3.C2HF3O2/c1-24(2)22(26)15-19-16-23(28-21-6-4-3-5-20(19)21)9-11-25(12-10-23)17-18-7-13-27-14-8-18;3-2(4,5)1(6)7/h3-6,18-19H,7-17H2,1-2H3;(H,6,7). The summed E-state index contributed by atoms with van der Waals surface area (Å²) in [6.07, 6.45) is 0.935. The molecule has 0 saturated carbocycles. The molecule has 1 spiro atoms. The highest BCUT2D eigenvalue weighted by Gasteiger charge is 2.44. The predicted molar refractivity (Wildman–Crippen MR) is 123 cm³/mol. The van der Waals surface area contributed by atoms with Crippen molar-refractivity contribution in [2.45, 2.75) is 56.2 Å². The molecule has 35 heavy (non-hydrogen) atoms. The molecule has 0 aromatic heterocycles. The smallest absolute Gasteiger partial charge is 0.487 e. The molecule has 10 heteroatoms. The first-order valence-electron chi connectivity index (χ1n) is 12.1. The molecule has 3 aliphatic heterocycles. The number of benzene rings is 1. The Bertz CT molecular complexity index is 863. The van der Waals surface area contributed by atoms with Gasteiger partial charge >= 0.3 is 12.1 Å². The minimum Gasteiger partial charge on any atom is -0.487 e. The number of carboxylic acid groups (broad SMARTS) is 1. The number of ether oxygens (including phenoxy) is 2. The quantitative estimate of drug-likeness (QED) is 0.675. The van der Waals surface area contributed by atoms with E-state index in [1.165, 1.54) is 24.9 Å². The van der Waals surface area contributed by atoms with Crippen molar-refractivity contribution < 1.29 is 37.3 Å². The third-order valence-corrected chi connectivity index (χ3v) is 7.09. The van der Waals surface area contributed by atoms with E-state index in [0.717, 1.165) is 57.2 Å². The molecule has 2 saturated heterocycles. The van der Waals surface area contributed by atoms with Crippen LogP contribution < -0.4 is 4.74 Å². The fourth-order valence-electron chi connectivity index (χ4n) is 5.06. The van der Waals surface area contributed by atoms with Crippen LogP contribution in [0.3, 0.4) is 0 Å². The van der Waals surface area contributed by atoms with Gasteiger partial charge in [0, 0.05) is 59.3 Å². The number of hydrogen-bond acceptors (Lipinski definition) is 5. The SMILES string of the molecule is CN(C)C(=O)CC1CC2(CCN(CC3CCOCC3)CC2)Oc2ccccc21.O=C(O)C(F)(F)F. The van der Waals surface area contributed by atoms with Crippen molar-refractivity contribution in [2.75, 3.05) is 46.9 Å². The summed E-state index contributed by atoms with van der Waals surface area (Å²) in [5.74, 6) is -0.535. The second kappa shape index (κ2) is 11.6. The summed E-state index contributed by atoms with van der Waals surface area (Å²) >= 11 is 0. The van der Waals surface area contributed by atoms with Crippen LogP contribution in [0.1, 0.15) is 50.0 Å². The van der Waals surface area contributed by atoms with E-state index in [0.29, 0.717) is 6.42 Å². The highest BCUT2D eigenvalue weighted by Crippen LogP contribution is 2.46. The maximum atomic E-state index is 12.4. The van der Waals surface area contributed by atoms with Gasteiger partial charge in [-0.1, -0.05) is 18.2 Å². The highest BCUT2D eigenvalue weighted by molar-refractivity contribution is 5.76. The molecule has 1 N–H and O–H groups in total. The number of likely N-dealkylation sites (tertiary alicyclic amines) is 1. The number of alkyl halides is 3. The molecule has 3 aliphatic rings. The summed E-state index contributed by atoms with van der Waals surface area (Å²) in [5.41, 5.74) is 1.09. The van der Waals surface area contributed by atoms with Crippen LogP contribution in [0.2, 0.25) is 0 Å². The predicted octanol–water partition coefficient (Wildman–Crippen LogP) is 3.93. The molecule has 7 nitrogen and oxygen atoms in total. The molecule has 0 aliphatic carbocycles. The van der Waals surface area contributed by atoms with E-state index >= 15 is 0 Å². The number of carboxylic acids is 1. The maximum absolute atomic E-state index is 12.4. The van der Waals surface area contributed by atoms with Gasteiger partial charge in [-0.25, -0.2) is 4.79 Å². The topological polar surface area (TPSA) is 79.3 Å². The summed E-state index contributed by atoms with van der Waals surface area (Å²) in [6.45, 7) is 5.22. The Kier molecular flexibility index (Phi) is 9.04. The molecule has 1 aromatic carbocycles. The zero-order valence-corrected chi connectivity index (χ0v) is 20.4. The van der Waals surface area contributed by atoms with E-state index in [4.69, 9.17) is 19.4 Å². The Hall–Kier alpha value is -2.33. The van der Waals surface area contributed by atoms with Crippen LogP contribution >= 0.6 is 0 Å². The molecular formula is C25H35F3N2O5. The van der Waals surface area contributed by atoms with Crippen molar-refractivity contribution in [1.29, 1.82) is 0 Å². The number of nitrogens with zero attached hydrogens (tertiary/aromatic N) is 2. The lowest BCUT2D eigenvalue weighted by Gasteiger charge is -2.47. The van der Waals surface area contributed by atoms with Crippen molar-refractivity contribution in [3.8, 4) is 5.75 Å². The molecule has 0 radical (unpaired) electrons. The summed E-state index contributed by atoms with van der Waals surface area (Å²) in [4.78, 5) is 25.7. The highest BCUT2D eigenvalue weighted by atomic mass is 19.4. The Balaban J connectivity index is 0.000000429. The molecule has 1 amide bonds. The van der Waals surface area contributed by atoms with Crippen LogP contribution in [0.4, 0.5) is 13.2 Å². The number of para-hydroxylation sites is 1. The fraction of sp³-hybridized carbons (Fsp3) is 0.680. The number of piperidine rings is 1. The zero-order valence-electron chi connectivity index (χ0n) is 20.4. The summed E-state index contributed by atoms with van der Waals surface area (Å²) in [6, 6.07) is 8.32. The van der Waals surface area contributed by atoms with Gasteiger partial charge in [-0.05, 0) is 49.7 Å². The van der Waals surface area contributed by atoms with E-state index in [1.54, 1.807) is 4.90 Å². The monoisotopic (exact) mass is 500 g/mol. The van der Waals surface area contributed by atoms with Crippen LogP contribution in [0, 0.1) is 5.92 Å². The van der Waals surface area contributed by atoms with Crippen molar-refractivity contribution in [3.63, 3.8) is 0 Å². The van der Waals surface area contributed by atoms with E-state index in [-0.39, 0.29) is 17.4 Å². The Morgan fingerprint density at radius 2 is 1.74 bits per heavy atom. The molecular weight excluding hydrogens is 465 g/mol. The summed E-state index contributed by atoms with van der Waals surface area (Å²) in [5, 5.41) is 7.12. The zero-order chi connectivity index (χ0) is 25.6. The van der Waals surface area contributed by atoms with Gasteiger partial charge in [-0.15, -0.1) is 0 Å². The van der Waals surface area contributed by atoms with E-state index in [2.05, 4.69) is 23.1 Å². The normalized spacial score (nSPS) is 22.4. The Labute approximate surface area is 204 Å². The second-order valence-corrected chi connectivity index (χ2v) is 9.88. The van der Waals surface area contributed by atoms with Gasteiger partial charge in [0.05, 0.1) is 0 Å². The first kappa shape index (κ1) is 27.3. The number of carbonyl (C=O) groups is 2. The fourth-order valence-corrected chi connectivity index (χ4v) is 5.06. The molecule has 0 bridgehead atoms. The van der Waals surface area contributed by atoms with Gasteiger partial charge in [0.25, 0.3) is 0 Å². The van der Waals surface area contributed by atoms with Gasteiger partial charge in [-0.3, -0.25) is 4.79 Å². The molecule has 4 rings (SSSR count). The van der Waals surface area contributed by atoms with Gasteiger partial charge in [-0.2, -0.15) is 13.2 Å². The number of aliphatic carboxylic acids is 1. The maximum Gasteiger partial charge on any atom is 0.490 e. The summed E-state index contributed by atoms with van der Waals surface area (Å²) < 4.78 is 43.8. The minimum absolute atomic E-state index is 0.113. The van der Waals surface area contributed by atoms with E-state index in [1.807, 2.05) is 20.2 Å². The van der Waals surface area contributed by atoms with Crippen LogP contribution in [0.15, 0.2) is 24.3 Å². The lowest BCUT2D eigenvalue weighted by atomic mass is 9.76. The molecule has 1 atom stereocenters. The molecule has 196 valence electrons. The first-order chi connectivity index (χ1) is 16.5. The third kappa shape index (κ3) is 7.57. The molecule has 3 heterocycles. The van der Waals surface area contributed by atoms with Gasteiger partial charge in [0.15, 0.2) is 0 Å². The molecule has 1 unspecified atom stereocenters.